The normalized spacial score (nSPS) is 30.6. The molecule has 0 radical (unpaired) electrons. The minimum atomic E-state index is 0.297. The van der Waals surface area contributed by atoms with Crippen LogP contribution in [0.1, 0.15) is 36.1 Å². The van der Waals surface area contributed by atoms with E-state index in [1.165, 1.54) is 36.1 Å². The van der Waals surface area contributed by atoms with Crippen LogP contribution in [0.2, 0.25) is 0 Å². The van der Waals surface area contributed by atoms with E-state index in [4.69, 9.17) is 0 Å². The Labute approximate surface area is 136 Å². The third-order valence-electron chi connectivity index (χ3n) is 5.62. The van der Waals surface area contributed by atoms with Gasteiger partial charge in [-0.1, -0.05) is 0 Å². The topological polar surface area (TPSA) is 35.6 Å². The molecule has 3 aliphatic rings. The lowest BCUT2D eigenvalue weighted by molar-refractivity contribution is -0.133. The molecule has 2 unspecified atom stereocenters. The summed E-state index contributed by atoms with van der Waals surface area (Å²) in [6.07, 6.45) is 6.07. The van der Waals surface area contributed by atoms with E-state index in [-0.39, 0.29) is 0 Å². The molecular weight excluding hydrogens is 294 g/mol. The third kappa shape index (κ3) is 2.82. The molecule has 4 heterocycles. The van der Waals surface area contributed by atoms with Gasteiger partial charge in [-0.25, -0.2) is 0 Å². The second-order valence-corrected chi connectivity index (χ2v) is 8.11. The van der Waals surface area contributed by atoms with Gasteiger partial charge in [0.15, 0.2) is 0 Å². The van der Waals surface area contributed by atoms with Crippen molar-refractivity contribution in [2.75, 3.05) is 20.1 Å². The Bertz CT molecular complexity index is 546. The zero-order valence-electron chi connectivity index (χ0n) is 13.3. The molecule has 4 nitrogen and oxygen atoms in total. The summed E-state index contributed by atoms with van der Waals surface area (Å²) in [5.41, 5.74) is 1.35. The van der Waals surface area contributed by atoms with Crippen LogP contribution in [-0.2, 0) is 17.8 Å². The molecular formula is C17H25N3OS. The molecule has 3 aliphatic heterocycles. The number of nitrogens with one attached hydrogen (secondary N) is 1. The number of carbonyl (C=O) groups excluding carboxylic acids is 1. The number of carbonyl (C=O) groups is 1. The van der Waals surface area contributed by atoms with Crippen molar-refractivity contribution in [3.05, 3.63) is 21.9 Å². The molecule has 120 valence electrons. The number of rotatable bonds is 3. The van der Waals surface area contributed by atoms with Crippen LogP contribution >= 0.6 is 11.3 Å². The van der Waals surface area contributed by atoms with Gasteiger partial charge in [0.2, 0.25) is 5.91 Å². The fraction of sp³-hybridized carbons (Fsp3) is 0.706. The number of amides is 1. The van der Waals surface area contributed by atoms with Gasteiger partial charge < -0.3 is 10.2 Å². The van der Waals surface area contributed by atoms with E-state index in [0.29, 0.717) is 30.6 Å². The molecule has 2 saturated heterocycles. The third-order valence-corrected chi connectivity index (χ3v) is 6.64. The SMILES string of the molecule is CN(CC(=O)N1CCc2sccc2C1)C1CC2CCC(C1)N2. The molecule has 0 saturated carbocycles. The summed E-state index contributed by atoms with van der Waals surface area (Å²) >= 11 is 1.83. The first kappa shape index (κ1) is 14.7. The van der Waals surface area contributed by atoms with Crippen molar-refractivity contribution in [2.24, 2.45) is 0 Å². The second kappa shape index (κ2) is 5.95. The van der Waals surface area contributed by atoms with E-state index >= 15 is 0 Å². The highest BCUT2D eigenvalue weighted by atomic mass is 32.1. The van der Waals surface area contributed by atoms with E-state index in [1.807, 2.05) is 16.2 Å². The van der Waals surface area contributed by atoms with Crippen molar-refractivity contribution in [1.29, 1.82) is 0 Å². The molecule has 1 N–H and O–H groups in total. The maximum Gasteiger partial charge on any atom is 0.237 e. The lowest BCUT2D eigenvalue weighted by atomic mass is 9.98. The Balaban J connectivity index is 1.34. The van der Waals surface area contributed by atoms with Crippen molar-refractivity contribution in [3.63, 3.8) is 0 Å². The molecule has 2 fully saturated rings. The quantitative estimate of drug-likeness (QED) is 0.923. The lowest BCUT2D eigenvalue weighted by Gasteiger charge is -2.36. The van der Waals surface area contributed by atoms with Gasteiger partial charge in [0.25, 0.3) is 0 Å². The summed E-state index contributed by atoms with van der Waals surface area (Å²) in [4.78, 5) is 18.4. The van der Waals surface area contributed by atoms with E-state index in [2.05, 4.69) is 28.7 Å². The predicted molar refractivity (Wildman–Crippen MR) is 89.0 cm³/mol. The van der Waals surface area contributed by atoms with Crippen molar-refractivity contribution in [1.82, 2.24) is 15.1 Å². The van der Waals surface area contributed by atoms with Crippen LogP contribution in [0.5, 0.6) is 0 Å². The Morgan fingerprint density at radius 1 is 1.41 bits per heavy atom. The van der Waals surface area contributed by atoms with Crippen molar-refractivity contribution in [3.8, 4) is 0 Å². The van der Waals surface area contributed by atoms with Crippen LogP contribution in [0.25, 0.3) is 0 Å². The number of hydrogen-bond donors (Lipinski definition) is 1. The summed E-state index contributed by atoms with van der Waals surface area (Å²) in [5, 5.41) is 5.83. The van der Waals surface area contributed by atoms with Crippen LogP contribution < -0.4 is 5.32 Å². The summed E-state index contributed by atoms with van der Waals surface area (Å²) in [5.74, 6) is 0.297. The maximum absolute atomic E-state index is 12.6. The van der Waals surface area contributed by atoms with Crippen molar-refractivity contribution >= 4 is 17.2 Å². The lowest BCUT2D eigenvalue weighted by Crippen LogP contribution is -2.50. The molecule has 0 aromatic carbocycles. The molecule has 22 heavy (non-hydrogen) atoms. The summed E-state index contributed by atoms with van der Waals surface area (Å²) in [6, 6.07) is 4.12. The molecule has 0 spiro atoms. The fourth-order valence-electron chi connectivity index (χ4n) is 4.29. The smallest absolute Gasteiger partial charge is 0.237 e. The fourth-order valence-corrected chi connectivity index (χ4v) is 5.18. The Kier molecular flexibility index (Phi) is 3.96. The highest BCUT2D eigenvalue weighted by Gasteiger charge is 2.35. The molecule has 4 rings (SSSR count). The predicted octanol–water partition coefficient (Wildman–Crippen LogP) is 1.85. The molecule has 2 atom stereocenters. The van der Waals surface area contributed by atoms with E-state index < -0.39 is 0 Å². The molecule has 0 aliphatic carbocycles. The first-order valence-electron chi connectivity index (χ1n) is 8.48. The van der Waals surface area contributed by atoms with Gasteiger partial charge in [-0.05, 0) is 56.2 Å². The summed E-state index contributed by atoms with van der Waals surface area (Å²) in [6.45, 7) is 2.27. The summed E-state index contributed by atoms with van der Waals surface area (Å²) < 4.78 is 0. The molecule has 2 bridgehead atoms. The van der Waals surface area contributed by atoms with Crippen LogP contribution in [0.15, 0.2) is 11.4 Å². The average molecular weight is 319 g/mol. The number of nitrogens with zero attached hydrogens (tertiary/aromatic N) is 2. The maximum atomic E-state index is 12.6. The van der Waals surface area contributed by atoms with Gasteiger partial charge in [0.1, 0.15) is 0 Å². The minimum Gasteiger partial charge on any atom is -0.337 e. The largest absolute Gasteiger partial charge is 0.337 e. The van der Waals surface area contributed by atoms with E-state index in [9.17, 15) is 4.79 Å². The number of hydrogen-bond acceptors (Lipinski definition) is 4. The number of thiophene rings is 1. The van der Waals surface area contributed by atoms with Gasteiger partial charge in [0.05, 0.1) is 6.54 Å². The van der Waals surface area contributed by atoms with Gasteiger partial charge in [-0.2, -0.15) is 0 Å². The standard InChI is InChI=1S/C17H25N3OS/c1-19(15-8-13-2-3-14(9-15)18-13)11-17(21)20-6-4-16-12(10-20)5-7-22-16/h5,7,13-15,18H,2-4,6,8-11H2,1H3. The summed E-state index contributed by atoms with van der Waals surface area (Å²) in [7, 11) is 2.13. The second-order valence-electron chi connectivity index (χ2n) is 7.11. The first-order valence-corrected chi connectivity index (χ1v) is 9.36. The van der Waals surface area contributed by atoms with Gasteiger partial charge >= 0.3 is 0 Å². The van der Waals surface area contributed by atoms with Gasteiger partial charge in [-0.15, -0.1) is 11.3 Å². The molecule has 5 heteroatoms. The number of likely N-dealkylation sites (N-methyl/N-ethyl adjacent to an activating group) is 1. The minimum absolute atomic E-state index is 0.297. The zero-order chi connectivity index (χ0) is 15.1. The number of piperidine rings is 1. The van der Waals surface area contributed by atoms with Crippen LogP contribution in [0, 0.1) is 0 Å². The average Bonchev–Trinajstić information content (AvgIpc) is 3.12. The highest BCUT2D eigenvalue weighted by molar-refractivity contribution is 7.10. The van der Waals surface area contributed by atoms with E-state index in [0.717, 1.165) is 19.5 Å². The number of fused-ring (bicyclic) bond motifs is 3. The van der Waals surface area contributed by atoms with E-state index in [1.54, 1.807) is 0 Å². The van der Waals surface area contributed by atoms with Crippen molar-refractivity contribution in [2.45, 2.75) is 56.8 Å². The highest BCUT2D eigenvalue weighted by Crippen LogP contribution is 2.29. The molecule has 1 amide bonds. The monoisotopic (exact) mass is 319 g/mol. The Hall–Kier alpha value is -0.910. The van der Waals surface area contributed by atoms with Crippen molar-refractivity contribution < 1.29 is 4.79 Å². The Morgan fingerprint density at radius 2 is 2.18 bits per heavy atom. The molecule has 1 aromatic rings. The van der Waals surface area contributed by atoms with Crippen LogP contribution in [-0.4, -0.2) is 54.0 Å². The van der Waals surface area contributed by atoms with Gasteiger partial charge in [0, 0.05) is 36.1 Å². The molecule has 1 aromatic heterocycles. The first-order chi connectivity index (χ1) is 10.7. The van der Waals surface area contributed by atoms with Crippen LogP contribution in [0.3, 0.4) is 0 Å². The Morgan fingerprint density at radius 3 is 2.95 bits per heavy atom. The zero-order valence-corrected chi connectivity index (χ0v) is 14.1. The van der Waals surface area contributed by atoms with Crippen LogP contribution in [0.4, 0.5) is 0 Å². The van der Waals surface area contributed by atoms with Gasteiger partial charge in [-0.3, -0.25) is 9.69 Å².